The van der Waals surface area contributed by atoms with Crippen molar-refractivity contribution in [2.45, 2.75) is 26.2 Å². The van der Waals surface area contributed by atoms with Crippen LogP contribution in [0.15, 0.2) is 66.3 Å². The summed E-state index contributed by atoms with van der Waals surface area (Å²) in [5.41, 5.74) is 3.48. The second kappa shape index (κ2) is 11.9. The van der Waals surface area contributed by atoms with E-state index in [1.165, 1.54) is 11.3 Å². The van der Waals surface area contributed by atoms with E-state index in [1.54, 1.807) is 32.0 Å². The Morgan fingerprint density at radius 3 is 2.63 bits per heavy atom. The number of methoxy groups -OCH3 is 2. The summed E-state index contributed by atoms with van der Waals surface area (Å²) in [6.45, 7) is 2.43. The molecule has 1 aliphatic rings. The predicted molar refractivity (Wildman–Crippen MR) is 143 cm³/mol. The number of thiazole rings is 1. The van der Waals surface area contributed by atoms with Gasteiger partial charge in [-0.25, -0.2) is 4.98 Å². The number of fused-ring (bicyclic) bond motifs is 1. The molecule has 0 saturated carbocycles. The van der Waals surface area contributed by atoms with Crippen molar-refractivity contribution in [3.8, 4) is 23.0 Å². The van der Waals surface area contributed by atoms with Crippen LogP contribution in [-0.4, -0.2) is 41.8 Å². The third-order valence-electron chi connectivity index (χ3n) is 6.08. The van der Waals surface area contributed by atoms with Gasteiger partial charge in [0.2, 0.25) is 6.79 Å². The van der Waals surface area contributed by atoms with Crippen molar-refractivity contribution in [1.29, 1.82) is 0 Å². The highest BCUT2D eigenvalue weighted by Gasteiger charge is 2.19. The first-order valence-corrected chi connectivity index (χ1v) is 12.9. The first kappa shape index (κ1) is 25.5. The Labute approximate surface area is 225 Å². The molecule has 1 N–H and O–H groups in total. The third-order valence-corrected chi connectivity index (χ3v) is 6.91. The molecule has 38 heavy (non-hydrogen) atoms. The van der Waals surface area contributed by atoms with Gasteiger partial charge >= 0.3 is 0 Å². The van der Waals surface area contributed by atoms with Crippen LogP contribution >= 0.6 is 11.3 Å². The summed E-state index contributed by atoms with van der Waals surface area (Å²) in [5.74, 6) is 2.76. The number of benzene rings is 2. The molecule has 0 atom stereocenters. The number of hydrogen-bond acceptors (Lipinski definition) is 9. The van der Waals surface area contributed by atoms with Crippen molar-refractivity contribution in [1.82, 2.24) is 20.2 Å². The minimum Gasteiger partial charge on any atom is -0.497 e. The van der Waals surface area contributed by atoms with E-state index in [0.717, 1.165) is 44.7 Å². The second-order valence-corrected chi connectivity index (χ2v) is 9.62. The molecular weight excluding hydrogens is 504 g/mol. The fourth-order valence-electron chi connectivity index (χ4n) is 4.14. The molecule has 0 aliphatic carbocycles. The molecule has 9 nitrogen and oxygen atoms in total. The van der Waals surface area contributed by atoms with Gasteiger partial charge in [-0.3, -0.25) is 14.7 Å². The molecule has 0 radical (unpaired) electrons. The normalized spacial score (nSPS) is 12.0. The van der Waals surface area contributed by atoms with Gasteiger partial charge in [-0.2, -0.15) is 0 Å². The van der Waals surface area contributed by atoms with Gasteiger partial charge in [-0.05, 0) is 41.5 Å². The van der Waals surface area contributed by atoms with Crippen molar-refractivity contribution in [2.24, 2.45) is 0 Å². The highest BCUT2D eigenvalue weighted by atomic mass is 32.1. The lowest BCUT2D eigenvalue weighted by atomic mass is 10.1. The first-order valence-electron chi connectivity index (χ1n) is 12.0. The Kier molecular flexibility index (Phi) is 8.01. The number of amides is 1. The highest BCUT2D eigenvalue weighted by Crippen LogP contribution is 2.33. The standard InChI is InChI=1S/C28H28N4O5S/c1-34-22-5-4-21(25(12-22)35-2)15-32(14-20-3-6-24-26(11-20)37-18-36-24)16-27-31-23(17-38-27)28(33)30-13-19-7-9-29-10-8-19/h3-12,17H,13-16,18H2,1-2H3,(H,30,33). The number of ether oxygens (including phenoxy) is 4. The fraction of sp³-hybridized carbons (Fsp3) is 0.250. The molecule has 0 saturated heterocycles. The van der Waals surface area contributed by atoms with Crippen molar-refractivity contribution < 1.29 is 23.7 Å². The molecule has 2 aromatic carbocycles. The average Bonchev–Trinajstić information content (AvgIpc) is 3.62. The van der Waals surface area contributed by atoms with E-state index >= 15 is 0 Å². The molecule has 0 unspecified atom stereocenters. The molecule has 196 valence electrons. The zero-order valence-corrected chi connectivity index (χ0v) is 22.0. The summed E-state index contributed by atoms with van der Waals surface area (Å²) in [4.78, 5) is 23.6. The second-order valence-electron chi connectivity index (χ2n) is 8.68. The molecule has 1 aliphatic heterocycles. The number of nitrogens with zero attached hydrogens (tertiary/aromatic N) is 3. The maximum Gasteiger partial charge on any atom is 0.271 e. The summed E-state index contributed by atoms with van der Waals surface area (Å²) < 4.78 is 22.0. The van der Waals surface area contributed by atoms with Crippen LogP contribution in [0.1, 0.15) is 32.2 Å². The highest BCUT2D eigenvalue weighted by molar-refractivity contribution is 7.09. The smallest absolute Gasteiger partial charge is 0.271 e. The molecule has 0 fully saturated rings. The van der Waals surface area contributed by atoms with E-state index in [4.69, 9.17) is 18.9 Å². The van der Waals surface area contributed by atoms with E-state index in [1.807, 2.05) is 48.5 Å². The van der Waals surface area contributed by atoms with Crippen LogP contribution in [0.25, 0.3) is 0 Å². The van der Waals surface area contributed by atoms with Crippen LogP contribution in [0, 0.1) is 0 Å². The molecule has 0 spiro atoms. The van der Waals surface area contributed by atoms with Crippen LogP contribution in [0.5, 0.6) is 23.0 Å². The SMILES string of the molecule is COc1ccc(CN(Cc2ccc3c(c2)OCO3)Cc2nc(C(=O)NCc3ccncc3)cs2)c(OC)c1. The van der Waals surface area contributed by atoms with Gasteiger partial charge in [0.1, 0.15) is 22.2 Å². The summed E-state index contributed by atoms with van der Waals surface area (Å²) in [6, 6.07) is 15.5. The number of carbonyl (C=O) groups excluding carboxylic acids is 1. The number of pyridine rings is 1. The van der Waals surface area contributed by atoms with Crippen LogP contribution in [-0.2, 0) is 26.2 Å². The van der Waals surface area contributed by atoms with Crippen LogP contribution in [0.3, 0.4) is 0 Å². The lowest BCUT2D eigenvalue weighted by molar-refractivity contribution is 0.0946. The monoisotopic (exact) mass is 532 g/mol. The molecule has 5 rings (SSSR count). The van der Waals surface area contributed by atoms with Crippen LogP contribution < -0.4 is 24.3 Å². The molecular formula is C28H28N4O5S. The van der Waals surface area contributed by atoms with E-state index in [9.17, 15) is 4.79 Å². The minimum atomic E-state index is -0.205. The summed E-state index contributed by atoms with van der Waals surface area (Å²) in [6.07, 6.45) is 3.41. The van der Waals surface area contributed by atoms with Crippen molar-refractivity contribution in [3.63, 3.8) is 0 Å². The molecule has 0 bridgehead atoms. The molecule has 2 aromatic heterocycles. The van der Waals surface area contributed by atoms with Crippen molar-refractivity contribution >= 4 is 17.2 Å². The zero-order chi connectivity index (χ0) is 26.3. The van der Waals surface area contributed by atoms with Gasteiger partial charge in [0.05, 0.1) is 20.8 Å². The lowest BCUT2D eigenvalue weighted by Crippen LogP contribution is -2.24. The number of nitrogens with one attached hydrogen (secondary N) is 1. The largest absolute Gasteiger partial charge is 0.497 e. The number of hydrogen-bond donors (Lipinski definition) is 1. The van der Waals surface area contributed by atoms with Crippen LogP contribution in [0.4, 0.5) is 0 Å². The Morgan fingerprint density at radius 2 is 1.82 bits per heavy atom. The van der Waals surface area contributed by atoms with Gasteiger partial charge in [-0.15, -0.1) is 11.3 Å². The van der Waals surface area contributed by atoms with E-state index < -0.39 is 0 Å². The van der Waals surface area contributed by atoms with Gasteiger partial charge in [0.15, 0.2) is 11.5 Å². The Balaban J connectivity index is 1.32. The minimum absolute atomic E-state index is 0.205. The van der Waals surface area contributed by atoms with E-state index in [0.29, 0.717) is 31.9 Å². The number of aromatic nitrogens is 2. The average molecular weight is 533 g/mol. The van der Waals surface area contributed by atoms with Gasteiger partial charge in [-0.1, -0.05) is 12.1 Å². The van der Waals surface area contributed by atoms with Gasteiger partial charge in [0, 0.05) is 49.0 Å². The number of rotatable bonds is 11. The Hall–Kier alpha value is -4.15. The summed E-state index contributed by atoms with van der Waals surface area (Å²) in [7, 11) is 3.28. The molecule has 10 heteroatoms. The van der Waals surface area contributed by atoms with Crippen molar-refractivity contribution in [3.05, 3.63) is 93.7 Å². The first-order chi connectivity index (χ1) is 18.6. The molecule has 4 aromatic rings. The quantitative estimate of drug-likeness (QED) is 0.304. The topological polar surface area (TPSA) is 95.0 Å². The van der Waals surface area contributed by atoms with Crippen molar-refractivity contribution in [2.75, 3.05) is 21.0 Å². The van der Waals surface area contributed by atoms with E-state index in [2.05, 4.69) is 20.2 Å². The Morgan fingerprint density at radius 1 is 0.974 bits per heavy atom. The maximum absolute atomic E-state index is 12.7. The van der Waals surface area contributed by atoms with E-state index in [-0.39, 0.29) is 12.7 Å². The molecule has 1 amide bonds. The zero-order valence-electron chi connectivity index (χ0n) is 21.2. The lowest BCUT2D eigenvalue weighted by Gasteiger charge is -2.23. The maximum atomic E-state index is 12.7. The summed E-state index contributed by atoms with van der Waals surface area (Å²) >= 11 is 1.47. The third kappa shape index (κ3) is 6.21. The van der Waals surface area contributed by atoms with Gasteiger partial charge < -0.3 is 24.3 Å². The predicted octanol–water partition coefficient (Wildman–Crippen LogP) is 4.42. The van der Waals surface area contributed by atoms with Crippen LogP contribution in [0.2, 0.25) is 0 Å². The summed E-state index contributed by atoms with van der Waals surface area (Å²) in [5, 5.41) is 5.56. The number of carbonyl (C=O) groups is 1. The fourth-order valence-corrected chi connectivity index (χ4v) is 4.96. The Bertz CT molecular complexity index is 1400. The van der Waals surface area contributed by atoms with Gasteiger partial charge in [0.25, 0.3) is 5.91 Å². The molecule has 3 heterocycles.